The monoisotopic (exact) mass is 414 g/mol. The van der Waals surface area contributed by atoms with E-state index in [4.69, 9.17) is 14.2 Å². The van der Waals surface area contributed by atoms with E-state index in [0.717, 1.165) is 18.4 Å². The number of aromatic nitrogens is 3. The highest BCUT2D eigenvalue weighted by Gasteiger charge is 2.34. The minimum Gasteiger partial charge on any atom is -0.493 e. The van der Waals surface area contributed by atoms with Crippen LogP contribution in [-0.4, -0.2) is 41.1 Å². The van der Waals surface area contributed by atoms with E-state index < -0.39 is 6.04 Å². The Morgan fingerprint density at radius 1 is 1.20 bits per heavy atom. The van der Waals surface area contributed by atoms with Gasteiger partial charge in [-0.1, -0.05) is 32.3 Å². The summed E-state index contributed by atoms with van der Waals surface area (Å²) >= 11 is 0. The van der Waals surface area contributed by atoms with Crippen LogP contribution >= 0.6 is 0 Å². The van der Waals surface area contributed by atoms with Crippen LogP contribution in [0.1, 0.15) is 58.1 Å². The molecule has 0 aliphatic carbocycles. The number of carbonyl (C=O) groups is 1. The number of ether oxygens (including phenoxy) is 3. The van der Waals surface area contributed by atoms with Crippen LogP contribution in [0.5, 0.6) is 11.5 Å². The second kappa shape index (κ2) is 10.1. The van der Waals surface area contributed by atoms with E-state index in [1.54, 1.807) is 18.7 Å². The van der Waals surface area contributed by atoms with Crippen molar-refractivity contribution in [2.45, 2.75) is 52.5 Å². The summed E-state index contributed by atoms with van der Waals surface area (Å²) in [6.45, 7) is 6.74. The van der Waals surface area contributed by atoms with E-state index >= 15 is 0 Å². The first-order chi connectivity index (χ1) is 14.6. The number of methoxy groups -OCH3 is 1. The topological polar surface area (TPSA) is 87.5 Å². The third-order valence-electron chi connectivity index (χ3n) is 5.05. The van der Waals surface area contributed by atoms with Gasteiger partial charge in [-0.15, -0.1) is 0 Å². The molecule has 1 unspecified atom stereocenters. The number of allylic oxidation sites excluding steroid dienone is 1. The summed E-state index contributed by atoms with van der Waals surface area (Å²) in [4.78, 5) is 17.0. The number of carbonyl (C=O) groups excluding carboxylic acids is 1. The summed E-state index contributed by atoms with van der Waals surface area (Å²) in [5.74, 6) is 1.48. The average Bonchev–Trinajstić information content (AvgIpc) is 3.20. The molecule has 2 heterocycles. The minimum absolute atomic E-state index is 0.292. The van der Waals surface area contributed by atoms with Crippen molar-refractivity contribution in [3.05, 3.63) is 41.4 Å². The fourth-order valence-electron chi connectivity index (χ4n) is 3.56. The molecule has 3 rings (SSSR count). The Labute approximate surface area is 177 Å². The number of fused-ring (bicyclic) bond motifs is 1. The fourth-order valence-corrected chi connectivity index (χ4v) is 3.56. The smallest absolute Gasteiger partial charge is 0.338 e. The summed E-state index contributed by atoms with van der Waals surface area (Å²) in [5.41, 5.74) is 2.01. The number of rotatable bonds is 10. The zero-order valence-corrected chi connectivity index (χ0v) is 18.1. The molecule has 1 aromatic heterocycles. The van der Waals surface area contributed by atoms with Crippen LogP contribution in [0.2, 0.25) is 0 Å². The number of unbranched alkanes of at least 4 members (excludes halogenated alkanes) is 3. The van der Waals surface area contributed by atoms with Gasteiger partial charge in [0.1, 0.15) is 12.4 Å². The maximum atomic E-state index is 12.7. The molecule has 30 heavy (non-hydrogen) atoms. The average molecular weight is 415 g/mol. The highest BCUT2D eigenvalue weighted by atomic mass is 16.5. The summed E-state index contributed by atoms with van der Waals surface area (Å²) in [7, 11) is 1.61. The molecular weight excluding hydrogens is 384 g/mol. The van der Waals surface area contributed by atoms with E-state index in [1.807, 2.05) is 25.1 Å². The lowest BCUT2D eigenvalue weighted by Gasteiger charge is -2.28. The van der Waals surface area contributed by atoms with Crippen LogP contribution in [0.3, 0.4) is 0 Å². The molecule has 0 saturated heterocycles. The van der Waals surface area contributed by atoms with Crippen LogP contribution in [0.15, 0.2) is 35.8 Å². The quantitative estimate of drug-likeness (QED) is 0.463. The van der Waals surface area contributed by atoms with Gasteiger partial charge in [0.05, 0.1) is 25.9 Å². The van der Waals surface area contributed by atoms with Crippen molar-refractivity contribution in [1.29, 1.82) is 0 Å². The largest absolute Gasteiger partial charge is 0.493 e. The van der Waals surface area contributed by atoms with E-state index in [-0.39, 0.29) is 5.97 Å². The maximum Gasteiger partial charge on any atom is 0.338 e. The first kappa shape index (κ1) is 21.7. The van der Waals surface area contributed by atoms with Gasteiger partial charge in [0.25, 0.3) is 0 Å². The molecule has 0 radical (unpaired) electrons. The Morgan fingerprint density at radius 3 is 2.77 bits per heavy atom. The summed E-state index contributed by atoms with van der Waals surface area (Å²) in [5, 5.41) is 7.45. The number of hydrogen-bond donors (Lipinski definition) is 1. The van der Waals surface area contributed by atoms with E-state index in [1.165, 1.54) is 19.2 Å². The molecule has 1 aromatic carbocycles. The fraction of sp³-hybridized carbons (Fsp3) is 0.500. The molecule has 8 heteroatoms. The Balaban J connectivity index is 1.91. The zero-order chi connectivity index (χ0) is 21.5. The molecule has 0 amide bonds. The molecule has 8 nitrogen and oxygen atoms in total. The molecule has 1 atom stereocenters. The van der Waals surface area contributed by atoms with Gasteiger partial charge in [-0.3, -0.25) is 0 Å². The van der Waals surface area contributed by atoms with Gasteiger partial charge in [0, 0.05) is 5.70 Å². The van der Waals surface area contributed by atoms with Crippen molar-refractivity contribution in [2.75, 3.05) is 25.6 Å². The van der Waals surface area contributed by atoms with Crippen LogP contribution in [0, 0.1) is 0 Å². The number of nitrogens with zero attached hydrogens (tertiary/aromatic N) is 3. The Kier molecular flexibility index (Phi) is 7.32. The van der Waals surface area contributed by atoms with Gasteiger partial charge in [0.2, 0.25) is 5.95 Å². The molecule has 1 aliphatic heterocycles. The van der Waals surface area contributed by atoms with Crippen molar-refractivity contribution in [2.24, 2.45) is 0 Å². The molecule has 0 bridgehead atoms. The molecule has 1 aliphatic rings. The summed E-state index contributed by atoms with van der Waals surface area (Å²) < 4.78 is 18.5. The summed E-state index contributed by atoms with van der Waals surface area (Å²) in [6, 6.07) is 5.22. The van der Waals surface area contributed by atoms with Crippen LogP contribution in [0.4, 0.5) is 5.95 Å². The lowest BCUT2D eigenvalue weighted by atomic mass is 9.95. The van der Waals surface area contributed by atoms with Gasteiger partial charge < -0.3 is 19.5 Å². The highest BCUT2D eigenvalue weighted by Crippen LogP contribution is 2.38. The van der Waals surface area contributed by atoms with Gasteiger partial charge >= 0.3 is 5.97 Å². The molecule has 0 fully saturated rings. The third-order valence-corrected chi connectivity index (χ3v) is 5.05. The number of hydrogen-bond acceptors (Lipinski definition) is 7. The number of benzene rings is 1. The summed E-state index contributed by atoms with van der Waals surface area (Å²) in [6.07, 6.45) is 6.01. The molecule has 0 saturated carbocycles. The first-order valence-corrected chi connectivity index (χ1v) is 10.5. The van der Waals surface area contributed by atoms with E-state index in [0.29, 0.717) is 41.9 Å². The van der Waals surface area contributed by atoms with E-state index in [2.05, 4.69) is 22.3 Å². The zero-order valence-electron chi connectivity index (χ0n) is 18.1. The number of anilines is 1. The molecule has 2 aromatic rings. The SMILES string of the molecule is CCCCCCOc1ccc(C2C(C(=O)OCC)=C(C)Nc3ncnn32)cc1OC. The van der Waals surface area contributed by atoms with Gasteiger partial charge in [-0.25, -0.2) is 9.48 Å². The van der Waals surface area contributed by atoms with Crippen molar-refractivity contribution in [3.63, 3.8) is 0 Å². The predicted molar refractivity (Wildman–Crippen MR) is 114 cm³/mol. The van der Waals surface area contributed by atoms with Crippen molar-refractivity contribution in [1.82, 2.24) is 14.8 Å². The van der Waals surface area contributed by atoms with Gasteiger partial charge in [0.15, 0.2) is 11.5 Å². The molecular formula is C22H30N4O4. The van der Waals surface area contributed by atoms with Crippen LogP contribution < -0.4 is 14.8 Å². The lowest BCUT2D eigenvalue weighted by Crippen LogP contribution is -2.29. The van der Waals surface area contributed by atoms with Gasteiger partial charge in [-0.2, -0.15) is 10.1 Å². The van der Waals surface area contributed by atoms with Crippen molar-refractivity contribution >= 4 is 11.9 Å². The Morgan fingerprint density at radius 2 is 2.03 bits per heavy atom. The van der Waals surface area contributed by atoms with Crippen LogP contribution in [-0.2, 0) is 9.53 Å². The number of nitrogens with one attached hydrogen (secondary N) is 1. The van der Waals surface area contributed by atoms with Gasteiger partial charge in [-0.05, 0) is 38.0 Å². The minimum atomic E-state index is -0.477. The van der Waals surface area contributed by atoms with Crippen molar-refractivity contribution in [3.8, 4) is 11.5 Å². The van der Waals surface area contributed by atoms with Crippen molar-refractivity contribution < 1.29 is 19.0 Å². The van der Waals surface area contributed by atoms with Crippen LogP contribution in [0.25, 0.3) is 0 Å². The van der Waals surface area contributed by atoms with E-state index in [9.17, 15) is 4.79 Å². The molecule has 0 spiro atoms. The normalized spacial score (nSPS) is 15.4. The second-order valence-electron chi connectivity index (χ2n) is 7.13. The Bertz CT molecular complexity index is 906. The Hall–Kier alpha value is -3.03. The maximum absolute atomic E-state index is 12.7. The predicted octanol–water partition coefficient (Wildman–Crippen LogP) is 4.10. The lowest BCUT2D eigenvalue weighted by molar-refractivity contribution is -0.139. The standard InChI is InChI=1S/C22H30N4O4/c1-5-7-8-9-12-30-17-11-10-16(13-18(17)28-4)20-19(21(27)29-6-2)15(3)25-22-23-14-24-26(20)22/h10-11,13-14,20H,5-9,12H2,1-4H3,(H,23,24,25). The highest BCUT2D eigenvalue weighted by molar-refractivity contribution is 5.92. The third kappa shape index (κ3) is 4.58. The second-order valence-corrected chi connectivity index (χ2v) is 7.13. The molecule has 162 valence electrons. The number of esters is 1. The first-order valence-electron chi connectivity index (χ1n) is 10.5. The molecule has 1 N–H and O–H groups in total.